The Bertz CT molecular complexity index is 1440. The number of benzene rings is 4. The molecule has 0 fully saturated rings. The molecule has 160 valence electrons. The van der Waals surface area contributed by atoms with Gasteiger partial charge in [0.15, 0.2) is 0 Å². The summed E-state index contributed by atoms with van der Waals surface area (Å²) in [5, 5.41) is 15.1. The standard InChI is InChI=1S/C28H27BO3/c1-27(2,30)28(3,4)32-29-21-10-7-9-19(16-21)20-12-14-23-25(17-20)31-24-15-13-18-8-5-6-11-22(18)26(23)24/h5-17,29-30H,1-4H3. The van der Waals surface area contributed by atoms with Crippen molar-refractivity contribution in [3.05, 3.63) is 78.9 Å². The first kappa shape index (κ1) is 20.8. The van der Waals surface area contributed by atoms with E-state index in [1.54, 1.807) is 13.8 Å². The van der Waals surface area contributed by atoms with Gasteiger partial charge in [0, 0.05) is 10.8 Å². The Morgan fingerprint density at radius 3 is 2.34 bits per heavy atom. The molecule has 0 unspecified atom stereocenters. The van der Waals surface area contributed by atoms with Gasteiger partial charge in [0.05, 0.1) is 11.2 Å². The van der Waals surface area contributed by atoms with Crippen molar-refractivity contribution in [3.8, 4) is 11.1 Å². The minimum absolute atomic E-state index is 0.434. The lowest BCUT2D eigenvalue weighted by atomic mass is 9.81. The van der Waals surface area contributed by atoms with E-state index in [4.69, 9.17) is 9.07 Å². The van der Waals surface area contributed by atoms with Crippen molar-refractivity contribution in [2.24, 2.45) is 0 Å². The fourth-order valence-electron chi connectivity index (χ4n) is 4.01. The van der Waals surface area contributed by atoms with Crippen LogP contribution in [0.4, 0.5) is 0 Å². The maximum Gasteiger partial charge on any atom is 0.309 e. The van der Waals surface area contributed by atoms with Crippen molar-refractivity contribution < 1.29 is 14.2 Å². The van der Waals surface area contributed by atoms with E-state index in [9.17, 15) is 5.11 Å². The monoisotopic (exact) mass is 422 g/mol. The van der Waals surface area contributed by atoms with Crippen LogP contribution in [0.2, 0.25) is 0 Å². The predicted octanol–water partition coefficient (Wildman–Crippen LogP) is 5.95. The van der Waals surface area contributed by atoms with Gasteiger partial charge in [0.25, 0.3) is 0 Å². The van der Waals surface area contributed by atoms with Crippen LogP contribution in [-0.4, -0.2) is 23.8 Å². The van der Waals surface area contributed by atoms with Crippen LogP contribution in [0.15, 0.2) is 83.3 Å². The number of hydrogen-bond acceptors (Lipinski definition) is 3. The van der Waals surface area contributed by atoms with E-state index in [1.165, 1.54) is 16.2 Å². The van der Waals surface area contributed by atoms with Crippen LogP contribution < -0.4 is 5.46 Å². The van der Waals surface area contributed by atoms with Gasteiger partial charge in [0.2, 0.25) is 0 Å². The molecular weight excluding hydrogens is 395 g/mol. The molecular formula is C28H27BO3. The van der Waals surface area contributed by atoms with E-state index in [0.717, 1.165) is 33.1 Å². The summed E-state index contributed by atoms with van der Waals surface area (Å²) in [5.41, 5.74) is 3.49. The Kier molecular flexibility index (Phi) is 4.88. The van der Waals surface area contributed by atoms with Gasteiger partial charge in [-0.3, -0.25) is 0 Å². The zero-order valence-corrected chi connectivity index (χ0v) is 19.0. The molecule has 0 atom stereocenters. The number of furan rings is 1. The molecule has 0 saturated carbocycles. The third kappa shape index (κ3) is 3.60. The topological polar surface area (TPSA) is 42.6 Å². The molecule has 0 bridgehead atoms. The van der Waals surface area contributed by atoms with Gasteiger partial charge >= 0.3 is 7.48 Å². The molecule has 4 aromatic carbocycles. The highest BCUT2D eigenvalue weighted by atomic mass is 16.5. The molecule has 0 aliphatic carbocycles. The molecule has 3 nitrogen and oxygen atoms in total. The number of aliphatic hydroxyl groups is 1. The summed E-state index contributed by atoms with van der Waals surface area (Å²) in [4.78, 5) is 0. The smallest absolute Gasteiger partial charge is 0.309 e. The van der Waals surface area contributed by atoms with Crippen LogP contribution in [-0.2, 0) is 4.65 Å². The Labute approximate surface area is 188 Å². The molecule has 1 aromatic heterocycles. The summed E-state index contributed by atoms with van der Waals surface area (Å²) in [6, 6.07) is 27.3. The minimum Gasteiger partial charge on any atom is -0.456 e. The maximum absolute atomic E-state index is 10.3. The van der Waals surface area contributed by atoms with Gasteiger partial charge in [-0.15, -0.1) is 0 Å². The second kappa shape index (κ2) is 7.51. The molecule has 1 heterocycles. The quantitative estimate of drug-likeness (QED) is 0.356. The largest absolute Gasteiger partial charge is 0.456 e. The van der Waals surface area contributed by atoms with E-state index >= 15 is 0 Å². The van der Waals surface area contributed by atoms with Crippen molar-refractivity contribution in [2.75, 3.05) is 0 Å². The lowest BCUT2D eigenvalue weighted by Gasteiger charge is -2.37. The van der Waals surface area contributed by atoms with Gasteiger partial charge < -0.3 is 14.2 Å². The average Bonchev–Trinajstić information content (AvgIpc) is 3.15. The zero-order chi connectivity index (χ0) is 22.5. The van der Waals surface area contributed by atoms with Crippen LogP contribution in [0.25, 0.3) is 43.8 Å². The molecule has 5 rings (SSSR count). The normalized spacial score (nSPS) is 12.7. The Balaban J connectivity index is 1.51. The minimum atomic E-state index is -0.929. The van der Waals surface area contributed by atoms with Gasteiger partial charge in [-0.05, 0) is 67.8 Å². The summed E-state index contributed by atoms with van der Waals surface area (Å²) >= 11 is 0. The van der Waals surface area contributed by atoms with Crippen molar-refractivity contribution in [3.63, 3.8) is 0 Å². The molecule has 0 amide bonds. The highest BCUT2D eigenvalue weighted by molar-refractivity contribution is 6.47. The first-order valence-corrected chi connectivity index (χ1v) is 11.0. The molecule has 0 aliphatic rings. The second-order valence-corrected chi connectivity index (χ2v) is 9.53. The van der Waals surface area contributed by atoms with E-state index in [0.29, 0.717) is 7.48 Å². The Morgan fingerprint density at radius 2 is 1.53 bits per heavy atom. The van der Waals surface area contributed by atoms with Crippen molar-refractivity contribution in [1.29, 1.82) is 0 Å². The Morgan fingerprint density at radius 1 is 0.750 bits per heavy atom. The SMILES string of the molecule is CC(C)(O)C(C)(C)OBc1cccc(-c2ccc3c(c2)oc2ccc4ccccc4c23)c1. The van der Waals surface area contributed by atoms with E-state index in [1.807, 2.05) is 19.9 Å². The number of fused-ring (bicyclic) bond motifs is 5. The van der Waals surface area contributed by atoms with Gasteiger partial charge in [-0.2, -0.15) is 0 Å². The molecule has 0 spiro atoms. The fourth-order valence-corrected chi connectivity index (χ4v) is 4.01. The van der Waals surface area contributed by atoms with Crippen LogP contribution in [0.1, 0.15) is 27.7 Å². The molecule has 0 aliphatic heterocycles. The van der Waals surface area contributed by atoms with Crippen molar-refractivity contribution >= 4 is 45.7 Å². The van der Waals surface area contributed by atoms with E-state index in [2.05, 4.69) is 72.8 Å². The molecule has 4 heteroatoms. The van der Waals surface area contributed by atoms with Gasteiger partial charge in [-0.1, -0.05) is 66.1 Å². The maximum atomic E-state index is 10.3. The average molecular weight is 422 g/mol. The molecule has 0 radical (unpaired) electrons. The van der Waals surface area contributed by atoms with Crippen LogP contribution in [0.3, 0.4) is 0 Å². The highest BCUT2D eigenvalue weighted by Gasteiger charge is 2.35. The number of hydrogen-bond donors (Lipinski definition) is 1. The third-order valence-electron chi connectivity index (χ3n) is 6.70. The first-order chi connectivity index (χ1) is 15.2. The molecule has 32 heavy (non-hydrogen) atoms. The fraction of sp³-hybridized carbons (Fsp3) is 0.214. The molecule has 5 aromatic rings. The van der Waals surface area contributed by atoms with Crippen molar-refractivity contribution in [2.45, 2.75) is 38.9 Å². The van der Waals surface area contributed by atoms with E-state index < -0.39 is 11.2 Å². The summed E-state index contributed by atoms with van der Waals surface area (Å²) < 4.78 is 12.3. The predicted molar refractivity (Wildman–Crippen MR) is 135 cm³/mol. The number of rotatable bonds is 5. The van der Waals surface area contributed by atoms with Crippen LogP contribution >= 0.6 is 0 Å². The van der Waals surface area contributed by atoms with Crippen LogP contribution in [0, 0.1) is 0 Å². The van der Waals surface area contributed by atoms with E-state index in [-0.39, 0.29) is 0 Å². The molecule has 1 N–H and O–H groups in total. The Hall–Kier alpha value is -3.08. The summed E-state index contributed by atoms with van der Waals surface area (Å²) in [6.07, 6.45) is 0. The zero-order valence-electron chi connectivity index (χ0n) is 19.0. The van der Waals surface area contributed by atoms with Gasteiger partial charge in [0.1, 0.15) is 11.2 Å². The summed E-state index contributed by atoms with van der Waals surface area (Å²) in [7, 11) is 0.434. The first-order valence-electron chi connectivity index (χ1n) is 11.0. The lowest BCUT2D eigenvalue weighted by molar-refractivity contribution is -0.0893. The second-order valence-electron chi connectivity index (χ2n) is 9.53. The highest BCUT2D eigenvalue weighted by Crippen LogP contribution is 2.36. The third-order valence-corrected chi connectivity index (χ3v) is 6.70. The van der Waals surface area contributed by atoms with Gasteiger partial charge in [-0.25, -0.2) is 0 Å². The van der Waals surface area contributed by atoms with Crippen LogP contribution in [0.5, 0.6) is 0 Å². The molecule has 0 saturated heterocycles. The lowest BCUT2D eigenvalue weighted by Crippen LogP contribution is -2.49. The summed E-state index contributed by atoms with van der Waals surface area (Å²) in [6.45, 7) is 7.37. The summed E-state index contributed by atoms with van der Waals surface area (Å²) in [5.74, 6) is 0. The van der Waals surface area contributed by atoms with Crippen molar-refractivity contribution in [1.82, 2.24) is 0 Å².